The Morgan fingerprint density at radius 3 is 2.42 bits per heavy atom. The number of rotatable bonds is 9. The summed E-state index contributed by atoms with van der Waals surface area (Å²) in [5, 5.41) is 9.55. The highest BCUT2D eigenvalue weighted by molar-refractivity contribution is 8.00. The molecule has 162 valence electrons. The number of nitrogens with zero attached hydrogens (tertiary/aromatic N) is 4. The zero-order chi connectivity index (χ0) is 21.6. The van der Waals surface area contributed by atoms with Gasteiger partial charge < -0.3 is 4.74 Å². The highest BCUT2D eigenvalue weighted by atomic mass is 32.2. The SMILES string of the molecule is CCC(Sc1nnc(CN2CCCC2)n1-c1ccccc1)C(=O)c1ccc(OC)cc1. The van der Waals surface area contributed by atoms with Gasteiger partial charge in [0.1, 0.15) is 5.75 Å². The number of para-hydroxylation sites is 1. The average molecular weight is 437 g/mol. The highest BCUT2D eigenvalue weighted by Gasteiger charge is 2.25. The third-order valence-corrected chi connectivity index (χ3v) is 6.87. The topological polar surface area (TPSA) is 60.2 Å². The van der Waals surface area contributed by atoms with Crippen LogP contribution in [-0.4, -0.2) is 50.9 Å². The molecule has 2 heterocycles. The molecule has 6 nitrogen and oxygen atoms in total. The van der Waals surface area contributed by atoms with E-state index in [-0.39, 0.29) is 11.0 Å². The predicted molar refractivity (Wildman–Crippen MR) is 123 cm³/mol. The second kappa shape index (κ2) is 10.1. The van der Waals surface area contributed by atoms with Crippen LogP contribution >= 0.6 is 11.8 Å². The minimum atomic E-state index is -0.236. The van der Waals surface area contributed by atoms with Crippen LogP contribution in [0.5, 0.6) is 5.75 Å². The van der Waals surface area contributed by atoms with Gasteiger partial charge in [-0.2, -0.15) is 0 Å². The summed E-state index contributed by atoms with van der Waals surface area (Å²) in [6, 6.07) is 17.5. The summed E-state index contributed by atoms with van der Waals surface area (Å²) in [5.41, 5.74) is 1.71. The number of ketones is 1. The van der Waals surface area contributed by atoms with Crippen molar-refractivity contribution in [2.45, 2.75) is 43.1 Å². The van der Waals surface area contributed by atoms with E-state index in [0.29, 0.717) is 12.0 Å². The van der Waals surface area contributed by atoms with Gasteiger partial charge in [-0.3, -0.25) is 14.3 Å². The Morgan fingerprint density at radius 2 is 1.77 bits per heavy atom. The maximum Gasteiger partial charge on any atom is 0.196 e. The molecule has 1 fully saturated rings. The second-order valence-electron chi connectivity index (χ2n) is 7.66. The first-order valence-electron chi connectivity index (χ1n) is 10.8. The molecule has 1 saturated heterocycles. The lowest BCUT2D eigenvalue weighted by molar-refractivity contribution is 0.0988. The number of hydrogen-bond donors (Lipinski definition) is 0. The number of methoxy groups -OCH3 is 1. The number of aromatic nitrogens is 3. The smallest absolute Gasteiger partial charge is 0.196 e. The third-order valence-electron chi connectivity index (χ3n) is 5.56. The zero-order valence-electron chi connectivity index (χ0n) is 18.0. The van der Waals surface area contributed by atoms with Crippen molar-refractivity contribution in [3.05, 3.63) is 66.0 Å². The molecule has 0 aliphatic carbocycles. The van der Waals surface area contributed by atoms with Crippen molar-refractivity contribution in [1.29, 1.82) is 0 Å². The van der Waals surface area contributed by atoms with E-state index in [2.05, 4.69) is 31.8 Å². The Labute approximate surface area is 187 Å². The number of ether oxygens (including phenoxy) is 1. The number of carbonyl (C=O) groups excluding carboxylic acids is 1. The van der Waals surface area contributed by atoms with Crippen molar-refractivity contribution in [2.24, 2.45) is 0 Å². The summed E-state index contributed by atoms with van der Waals surface area (Å²) in [6.07, 6.45) is 3.17. The lowest BCUT2D eigenvalue weighted by atomic mass is 10.1. The molecule has 0 saturated carbocycles. The summed E-state index contributed by atoms with van der Waals surface area (Å²) < 4.78 is 7.32. The number of Topliss-reactive ketones (excluding diaryl/α,β-unsaturated/α-hetero) is 1. The molecule has 0 amide bonds. The van der Waals surface area contributed by atoms with Crippen molar-refractivity contribution in [3.63, 3.8) is 0 Å². The lowest BCUT2D eigenvalue weighted by Crippen LogP contribution is -2.21. The molecular weight excluding hydrogens is 408 g/mol. The Morgan fingerprint density at radius 1 is 1.06 bits per heavy atom. The molecule has 3 aromatic rings. The standard InChI is InChI=1S/C24H28N4O2S/c1-3-21(23(29)18-11-13-20(30-2)14-12-18)31-24-26-25-22(17-27-15-7-8-16-27)28(24)19-9-5-4-6-10-19/h4-6,9-14,21H,3,7-8,15-17H2,1-2H3. The Balaban J connectivity index is 1.61. The van der Waals surface area contributed by atoms with Crippen LogP contribution in [0.3, 0.4) is 0 Å². The first kappa shape index (κ1) is 21.6. The van der Waals surface area contributed by atoms with Gasteiger partial charge in [0.25, 0.3) is 0 Å². The van der Waals surface area contributed by atoms with E-state index in [0.717, 1.165) is 42.1 Å². The summed E-state index contributed by atoms with van der Waals surface area (Å²) in [4.78, 5) is 15.6. The van der Waals surface area contributed by atoms with Crippen LogP contribution in [0.1, 0.15) is 42.4 Å². The minimum absolute atomic E-state index is 0.0962. The number of benzene rings is 2. The number of thioether (sulfide) groups is 1. The molecule has 1 aliphatic heterocycles. The zero-order valence-corrected chi connectivity index (χ0v) is 18.8. The van der Waals surface area contributed by atoms with Gasteiger partial charge in [-0.15, -0.1) is 10.2 Å². The Hall–Kier alpha value is -2.64. The number of likely N-dealkylation sites (tertiary alicyclic amines) is 1. The molecule has 1 unspecified atom stereocenters. The fourth-order valence-corrected chi connectivity index (χ4v) is 4.92. The molecule has 0 bridgehead atoms. The Bertz CT molecular complexity index is 998. The van der Waals surface area contributed by atoms with Crippen LogP contribution in [0, 0.1) is 0 Å². The van der Waals surface area contributed by atoms with E-state index >= 15 is 0 Å². The van der Waals surface area contributed by atoms with Crippen molar-refractivity contribution in [2.75, 3.05) is 20.2 Å². The summed E-state index contributed by atoms with van der Waals surface area (Å²) in [5.74, 6) is 1.76. The van der Waals surface area contributed by atoms with Gasteiger partial charge >= 0.3 is 0 Å². The normalized spacial score (nSPS) is 15.2. The van der Waals surface area contributed by atoms with E-state index in [1.807, 2.05) is 49.4 Å². The van der Waals surface area contributed by atoms with Crippen LogP contribution in [0.4, 0.5) is 0 Å². The summed E-state index contributed by atoms with van der Waals surface area (Å²) >= 11 is 1.49. The maximum atomic E-state index is 13.2. The molecule has 1 aromatic heterocycles. The minimum Gasteiger partial charge on any atom is -0.497 e. The van der Waals surface area contributed by atoms with Crippen LogP contribution in [0.2, 0.25) is 0 Å². The van der Waals surface area contributed by atoms with Gasteiger partial charge in [0.15, 0.2) is 16.8 Å². The van der Waals surface area contributed by atoms with Crippen LogP contribution in [0.25, 0.3) is 5.69 Å². The predicted octanol–water partition coefficient (Wildman–Crippen LogP) is 4.63. The van der Waals surface area contributed by atoms with Crippen LogP contribution in [-0.2, 0) is 6.54 Å². The van der Waals surface area contributed by atoms with Crippen LogP contribution < -0.4 is 4.74 Å². The molecule has 0 spiro atoms. The van der Waals surface area contributed by atoms with Crippen LogP contribution in [0.15, 0.2) is 59.8 Å². The van der Waals surface area contributed by atoms with Crippen molar-refractivity contribution < 1.29 is 9.53 Å². The highest BCUT2D eigenvalue weighted by Crippen LogP contribution is 2.30. The third kappa shape index (κ3) is 4.99. The molecule has 4 rings (SSSR count). The Kier molecular flexibility index (Phi) is 7.04. The molecule has 31 heavy (non-hydrogen) atoms. The number of hydrogen-bond acceptors (Lipinski definition) is 6. The van der Waals surface area contributed by atoms with Crippen molar-refractivity contribution in [3.8, 4) is 11.4 Å². The molecule has 0 radical (unpaired) electrons. The van der Waals surface area contributed by atoms with E-state index in [1.54, 1.807) is 7.11 Å². The summed E-state index contributed by atoms with van der Waals surface area (Å²) in [7, 11) is 1.62. The van der Waals surface area contributed by atoms with E-state index in [9.17, 15) is 4.79 Å². The lowest BCUT2D eigenvalue weighted by Gasteiger charge is -2.17. The van der Waals surface area contributed by atoms with Gasteiger partial charge in [-0.1, -0.05) is 36.9 Å². The first-order chi connectivity index (χ1) is 15.2. The molecular formula is C24H28N4O2S. The molecule has 0 N–H and O–H groups in total. The van der Waals surface area contributed by atoms with Crippen molar-refractivity contribution in [1.82, 2.24) is 19.7 Å². The van der Waals surface area contributed by atoms with Gasteiger partial charge in [-0.25, -0.2) is 0 Å². The maximum absolute atomic E-state index is 13.2. The molecule has 7 heteroatoms. The van der Waals surface area contributed by atoms with Gasteiger partial charge in [-0.05, 0) is 68.8 Å². The van der Waals surface area contributed by atoms with E-state index in [4.69, 9.17) is 4.74 Å². The fourth-order valence-electron chi connectivity index (χ4n) is 3.85. The van der Waals surface area contributed by atoms with E-state index < -0.39 is 0 Å². The van der Waals surface area contributed by atoms with Gasteiger partial charge in [0.05, 0.1) is 18.9 Å². The number of carbonyl (C=O) groups is 1. The van der Waals surface area contributed by atoms with Gasteiger partial charge in [0, 0.05) is 11.3 Å². The average Bonchev–Trinajstić information content (AvgIpc) is 3.48. The van der Waals surface area contributed by atoms with Gasteiger partial charge in [0.2, 0.25) is 0 Å². The first-order valence-corrected chi connectivity index (χ1v) is 11.6. The van der Waals surface area contributed by atoms with E-state index in [1.165, 1.54) is 24.6 Å². The molecule has 1 aliphatic rings. The molecule has 2 aromatic carbocycles. The van der Waals surface area contributed by atoms with Crippen molar-refractivity contribution >= 4 is 17.5 Å². The summed E-state index contributed by atoms with van der Waals surface area (Å²) in [6.45, 7) is 4.99. The fraction of sp³-hybridized carbons (Fsp3) is 0.375. The quantitative estimate of drug-likeness (QED) is 0.360. The molecule has 1 atom stereocenters. The largest absolute Gasteiger partial charge is 0.497 e. The monoisotopic (exact) mass is 436 g/mol. The second-order valence-corrected chi connectivity index (χ2v) is 8.83.